The van der Waals surface area contributed by atoms with Crippen molar-refractivity contribution in [3.8, 4) is 5.75 Å². The second-order valence-electron chi connectivity index (χ2n) is 4.11. The first-order chi connectivity index (χ1) is 10.6. The minimum absolute atomic E-state index is 0.270. The lowest BCUT2D eigenvalue weighted by Gasteiger charge is -2.12. The maximum Gasteiger partial charge on any atom is 0.346 e. The number of halogens is 1. The lowest BCUT2D eigenvalue weighted by atomic mass is 10.1. The minimum Gasteiger partial charge on any atom is -0.496 e. The van der Waals surface area contributed by atoms with E-state index in [0.717, 1.165) is 0 Å². The number of rotatable bonds is 5. The van der Waals surface area contributed by atoms with Gasteiger partial charge in [-0.05, 0) is 25.1 Å². The molecule has 1 heterocycles. The van der Waals surface area contributed by atoms with Gasteiger partial charge in [-0.25, -0.2) is 4.79 Å². The van der Waals surface area contributed by atoms with Gasteiger partial charge in [-0.1, -0.05) is 28.6 Å². The van der Waals surface area contributed by atoms with E-state index >= 15 is 0 Å². The number of hydrogen-bond acceptors (Lipinski definition) is 7. The predicted octanol–water partition coefficient (Wildman–Crippen LogP) is 2.53. The summed E-state index contributed by atoms with van der Waals surface area (Å²) in [6.07, 6.45) is 0. The summed E-state index contributed by atoms with van der Waals surface area (Å²) in [5.74, 6) is 5.19. The van der Waals surface area contributed by atoms with E-state index in [0.29, 0.717) is 26.9 Å². The quantitative estimate of drug-likeness (QED) is 0.369. The molecule has 0 aromatic heterocycles. The molecule has 0 fully saturated rings. The molecule has 22 heavy (non-hydrogen) atoms. The molecule has 1 aliphatic heterocycles. The van der Waals surface area contributed by atoms with Crippen LogP contribution in [-0.2, 0) is 9.53 Å². The zero-order chi connectivity index (χ0) is 16.1. The molecule has 1 aromatic rings. The molecule has 1 unspecified atom stereocenters. The number of benzene rings is 1. The Balaban J connectivity index is 2.48. The van der Waals surface area contributed by atoms with Gasteiger partial charge in [-0.3, -0.25) is 0 Å². The van der Waals surface area contributed by atoms with Gasteiger partial charge in [0.25, 0.3) is 0 Å². The first-order valence-electron chi connectivity index (χ1n) is 6.39. The zero-order valence-corrected chi connectivity index (χ0v) is 13.6. The largest absolute Gasteiger partial charge is 0.496 e. The van der Waals surface area contributed by atoms with Crippen molar-refractivity contribution in [3.63, 3.8) is 0 Å². The Morgan fingerprint density at radius 1 is 1.55 bits per heavy atom. The molecule has 0 saturated carbocycles. The van der Waals surface area contributed by atoms with Crippen LogP contribution in [-0.4, -0.2) is 25.2 Å². The predicted molar refractivity (Wildman–Crippen MR) is 85.1 cm³/mol. The smallest absolute Gasteiger partial charge is 0.346 e. The van der Waals surface area contributed by atoms with Gasteiger partial charge in [0.15, 0.2) is 5.50 Å². The average molecular weight is 343 g/mol. The Hall–Kier alpha value is -1.93. The highest BCUT2D eigenvalue weighted by molar-refractivity contribution is 8.05. The number of thioether (sulfide) groups is 1. The van der Waals surface area contributed by atoms with Crippen molar-refractivity contribution in [3.05, 3.63) is 33.7 Å². The third kappa shape index (κ3) is 3.45. The van der Waals surface area contributed by atoms with E-state index < -0.39 is 11.5 Å². The van der Waals surface area contributed by atoms with E-state index in [9.17, 15) is 4.79 Å². The monoisotopic (exact) mass is 342 g/mol. The molecule has 2 rings (SSSR count). The van der Waals surface area contributed by atoms with E-state index in [4.69, 9.17) is 26.9 Å². The summed E-state index contributed by atoms with van der Waals surface area (Å²) in [5, 5.41) is 10.6. The number of esters is 1. The summed E-state index contributed by atoms with van der Waals surface area (Å²) in [4.78, 5) is 12.5. The van der Waals surface area contributed by atoms with Crippen molar-refractivity contribution < 1.29 is 14.3 Å². The molecular weight excluding hydrogens is 328 g/mol. The van der Waals surface area contributed by atoms with Gasteiger partial charge in [0.2, 0.25) is 0 Å². The van der Waals surface area contributed by atoms with Crippen LogP contribution >= 0.6 is 23.4 Å². The molecule has 0 aliphatic carbocycles. The van der Waals surface area contributed by atoms with Crippen LogP contribution in [0.15, 0.2) is 33.4 Å². The van der Waals surface area contributed by atoms with Gasteiger partial charge >= 0.3 is 5.97 Å². The van der Waals surface area contributed by atoms with E-state index in [-0.39, 0.29) is 6.61 Å². The Morgan fingerprint density at radius 3 is 2.95 bits per heavy atom. The average Bonchev–Trinajstić information content (AvgIpc) is 2.92. The number of methoxy groups -OCH3 is 1. The maximum absolute atomic E-state index is 12.1. The summed E-state index contributed by atoms with van der Waals surface area (Å²) < 4.78 is 10.4. The van der Waals surface area contributed by atoms with Crippen LogP contribution in [0, 0.1) is 0 Å². The lowest BCUT2D eigenvalue weighted by molar-refractivity contribution is -0.137. The Bertz CT molecular complexity index is 636. The van der Waals surface area contributed by atoms with E-state index in [1.807, 2.05) is 0 Å². The highest BCUT2D eigenvalue weighted by atomic mass is 35.5. The highest BCUT2D eigenvalue weighted by Gasteiger charge is 2.32. The van der Waals surface area contributed by atoms with Gasteiger partial charge in [0, 0.05) is 10.6 Å². The second-order valence-corrected chi connectivity index (χ2v) is 5.64. The van der Waals surface area contributed by atoms with Crippen molar-refractivity contribution in [2.75, 3.05) is 13.7 Å². The Morgan fingerprint density at radius 2 is 2.32 bits per heavy atom. The first kappa shape index (κ1) is 16.4. The van der Waals surface area contributed by atoms with Gasteiger partial charge in [-0.15, -0.1) is 5.11 Å². The van der Waals surface area contributed by atoms with Crippen molar-refractivity contribution in [2.45, 2.75) is 12.4 Å². The number of nitrogens with two attached hydrogens (primary N) is 1. The van der Waals surface area contributed by atoms with E-state index in [2.05, 4.69) is 15.7 Å². The molecule has 0 spiro atoms. The maximum atomic E-state index is 12.1. The second kappa shape index (κ2) is 7.37. The Kier molecular flexibility index (Phi) is 5.51. The molecular formula is C13H15ClN4O3S. The number of carbonyl (C=O) groups is 1. The van der Waals surface area contributed by atoms with Crippen molar-refractivity contribution >= 4 is 35.0 Å². The molecule has 1 aliphatic rings. The van der Waals surface area contributed by atoms with E-state index in [1.54, 1.807) is 25.1 Å². The number of hydrogen-bond donors (Lipinski definition) is 2. The number of ether oxygens (including phenoxy) is 2. The van der Waals surface area contributed by atoms with Crippen LogP contribution in [0.2, 0.25) is 5.02 Å². The molecule has 1 atom stereocenters. The van der Waals surface area contributed by atoms with E-state index in [1.165, 1.54) is 18.9 Å². The van der Waals surface area contributed by atoms with Gasteiger partial charge in [0.05, 0.1) is 19.4 Å². The highest BCUT2D eigenvalue weighted by Crippen LogP contribution is 2.40. The molecule has 118 valence electrons. The summed E-state index contributed by atoms with van der Waals surface area (Å²) in [5.41, 5.74) is 0.656. The fourth-order valence-corrected chi connectivity index (χ4v) is 3.04. The summed E-state index contributed by atoms with van der Waals surface area (Å²) >= 11 is 7.21. The molecule has 0 saturated heterocycles. The number of carbonyl (C=O) groups excluding carboxylic acids is 1. The van der Waals surface area contributed by atoms with Crippen LogP contribution in [0.3, 0.4) is 0 Å². The summed E-state index contributed by atoms with van der Waals surface area (Å²) in [6.45, 7) is 2.01. The van der Waals surface area contributed by atoms with Gasteiger partial charge in [0.1, 0.15) is 10.7 Å². The molecule has 0 radical (unpaired) electrons. The Labute approximate surface area is 136 Å². The van der Waals surface area contributed by atoms with Crippen LogP contribution in [0.5, 0.6) is 5.75 Å². The SMILES string of the molecule is CCOC(=O)C1=C(c2cc(Cl)ccc2OC)NC(N=NN)S1. The topological polar surface area (TPSA) is 98.3 Å². The fourth-order valence-electron chi connectivity index (χ4n) is 1.92. The standard InChI is InChI=1S/C13H15ClN4O3S/c1-3-21-12(19)11-10(16-13(22-11)17-18-15)8-6-7(14)4-5-9(8)20-2/h4-6,13,16H,3H2,1-2H3,(H2,15,17). The van der Waals surface area contributed by atoms with Crippen LogP contribution in [0.4, 0.5) is 0 Å². The van der Waals surface area contributed by atoms with Crippen LogP contribution < -0.4 is 15.9 Å². The van der Waals surface area contributed by atoms with Crippen LogP contribution in [0.1, 0.15) is 12.5 Å². The molecule has 1 aromatic carbocycles. The van der Waals surface area contributed by atoms with Crippen molar-refractivity contribution in [2.24, 2.45) is 16.2 Å². The summed E-state index contributed by atoms with van der Waals surface area (Å²) in [7, 11) is 1.54. The van der Waals surface area contributed by atoms with Crippen LogP contribution in [0.25, 0.3) is 5.70 Å². The zero-order valence-electron chi connectivity index (χ0n) is 12.0. The molecule has 9 heteroatoms. The molecule has 3 N–H and O–H groups in total. The number of nitrogens with one attached hydrogen (secondary N) is 1. The molecule has 0 bridgehead atoms. The fraction of sp³-hybridized carbons (Fsp3) is 0.308. The third-order valence-electron chi connectivity index (χ3n) is 2.79. The lowest BCUT2D eigenvalue weighted by Crippen LogP contribution is -2.17. The normalized spacial score (nSPS) is 17.7. The third-order valence-corrected chi connectivity index (χ3v) is 4.06. The molecule has 0 amide bonds. The van der Waals surface area contributed by atoms with Gasteiger partial charge < -0.3 is 20.6 Å². The molecule has 7 nitrogen and oxygen atoms in total. The van der Waals surface area contributed by atoms with Crippen molar-refractivity contribution in [1.82, 2.24) is 5.32 Å². The van der Waals surface area contributed by atoms with Gasteiger partial charge in [-0.2, -0.15) is 0 Å². The first-order valence-corrected chi connectivity index (χ1v) is 7.65. The summed E-state index contributed by atoms with van der Waals surface area (Å²) in [6, 6.07) is 5.12. The number of nitrogens with zero attached hydrogens (tertiary/aromatic N) is 2. The minimum atomic E-state index is -0.511. The van der Waals surface area contributed by atoms with Crippen molar-refractivity contribution in [1.29, 1.82) is 0 Å².